The van der Waals surface area contributed by atoms with Crippen LogP contribution in [0.1, 0.15) is 13.8 Å². The topological polar surface area (TPSA) is 55.5 Å². The summed E-state index contributed by atoms with van der Waals surface area (Å²) in [5.74, 6) is 0. The number of hydrogen-bond donors (Lipinski definition) is 1. The Hall–Kier alpha value is -1.03. The van der Waals surface area contributed by atoms with Gasteiger partial charge in [0.05, 0.1) is 10.6 Å². The van der Waals surface area contributed by atoms with Crippen molar-refractivity contribution in [1.82, 2.24) is 0 Å². The molecule has 2 N–H and O–H groups in total. The molecule has 0 bridgehead atoms. The number of rotatable bonds is 3. The SMILES string of the molecule is C/C=C(N)/C(C=O)=C\N=C(/C)SC. The van der Waals surface area contributed by atoms with E-state index in [1.807, 2.05) is 13.2 Å². The van der Waals surface area contributed by atoms with Gasteiger partial charge in [-0.1, -0.05) is 6.08 Å². The Bertz CT molecular complexity index is 267. The summed E-state index contributed by atoms with van der Waals surface area (Å²) in [5.41, 5.74) is 6.41. The van der Waals surface area contributed by atoms with Crippen molar-refractivity contribution in [3.05, 3.63) is 23.5 Å². The molecule has 0 saturated carbocycles. The third kappa shape index (κ3) is 4.52. The lowest BCUT2D eigenvalue weighted by Crippen LogP contribution is -2.01. The van der Waals surface area contributed by atoms with Crippen LogP contribution >= 0.6 is 11.8 Å². The minimum absolute atomic E-state index is 0.413. The zero-order valence-corrected chi connectivity index (χ0v) is 8.89. The van der Waals surface area contributed by atoms with Crippen LogP contribution in [0.25, 0.3) is 0 Å². The van der Waals surface area contributed by atoms with Gasteiger partial charge in [-0.3, -0.25) is 9.79 Å². The standard InChI is InChI=1S/C9H14N2OS/c1-4-9(10)8(6-12)5-11-7(2)13-3/h4-6H,10H2,1-3H3/b8-5-,9-4-,11-7+. The zero-order chi connectivity index (χ0) is 10.3. The molecule has 0 saturated heterocycles. The van der Waals surface area contributed by atoms with Gasteiger partial charge in [-0.15, -0.1) is 11.8 Å². The van der Waals surface area contributed by atoms with E-state index in [-0.39, 0.29) is 0 Å². The third-order valence-electron chi connectivity index (χ3n) is 1.45. The number of carbonyl (C=O) groups is 1. The zero-order valence-electron chi connectivity index (χ0n) is 8.07. The lowest BCUT2D eigenvalue weighted by Gasteiger charge is -1.96. The van der Waals surface area contributed by atoms with Crippen LogP contribution in [0, 0.1) is 0 Å². The van der Waals surface area contributed by atoms with E-state index in [1.54, 1.807) is 13.0 Å². The van der Waals surface area contributed by atoms with Crippen molar-refractivity contribution >= 4 is 23.1 Å². The predicted molar refractivity (Wildman–Crippen MR) is 58.7 cm³/mol. The van der Waals surface area contributed by atoms with Gasteiger partial charge in [0, 0.05) is 11.9 Å². The molecular formula is C9H14N2OS. The van der Waals surface area contributed by atoms with E-state index < -0.39 is 0 Å². The van der Waals surface area contributed by atoms with Crippen molar-refractivity contribution in [3.8, 4) is 0 Å². The predicted octanol–water partition coefficient (Wildman–Crippen LogP) is 1.71. The maximum atomic E-state index is 10.5. The number of thioether (sulfide) groups is 1. The maximum absolute atomic E-state index is 10.5. The molecule has 0 heterocycles. The van der Waals surface area contributed by atoms with Gasteiger partial charge in [0.1, 0.15) is 0 Å². The molecule has 0 aliphatic heterocycles. The van der Waals surface area contributed by atoms with Crippen molar-refractivity contribution in [2.24, 2.45) is 10.7 Å². The molecule has 0 aliphatic rings. The number of carbonyl (C=O) groups excluding carboxylic acids is 1. The van der Waals surface area contributed by atoms with Gasteiger partial charge in [-0.25, -0.2) is 0 Å². The normalized spacial score (nSPS) is 14.5. The number of aldehydes is 1. The smallest absolute Gasteiger partial charge is 0.153 e. The Labute approximate surface area is 82.8 Å². The molecule has 0 amide bonds. The molecule has 0 radical (unpaired) electrons. The lowest BCUT2D eigenvalue weighted by molar-refractivity contribution is -0.104. The summed E-state index contributed by atoms with van der Waals surface area (Å²) >= 11 is 1.53. The van der Waals surface area contributed by atoms with E-state index in [0.29, 0.717) is 17.6 Å². The molecule has 0 unspecified atom stereocenters. The van der Waals surface area contributed by atoms with Crippen molar-refractivity contribution in [3.63, 3.8) is 0 Å². The van der Waals surface area contributed by atoms with Crippen LogP contribution in [0.2, 0.25) is 0 Å². The van der Waals surface area contributed by atoms with Gasteiger partial charge in [0.2, 0.25) is 0 Å². The van der Waals surface area contributed by atoms with E-state index >= 15 is 0 Å². The van der Waals surface area contributed by atoms with Gasteiger partial charge in [0.25, 0.3) is 0 Å². The van der Waals surface area contributed by atoms with Crippen LogP contribution in [0.15, 0.2) is 28.5 Å². The Balaban J connectivity index is 4.68. The molecule has 0 aromatic heterocycles. The first-order valence-corrected chi connectivity index (χ1v) is 5.04. The molecule has 0 rings (SSSR count). The fourth-order valence-corrected chi connectivity index (χ4v) is 0.711. The van der Waals surface area contributed by atoms with Crippen molar-refractivity contribution in [1.29, 1.82) is 0 Å². The molecule has 0 spiro atoms. The molecule has 0 aromatic carbocycles. The van der Waals surface area contributed by atoms with Gasteiger partial charge in [0.15, 0.2) is 6.29 Å². The van der Waals surface area contributed by atoms with E-state index in [1.165, 1.54) is 18.0 Å². The Morgan fingerprint density at radius 2 is 2.15 bits per heavy atom. The summed E-state index contributed by atoms with van der Waals surface area (Å²) in [6.07, 6.45) is 5.77. The minimum atomic E-state index is 0.413. The number of aliphatic imine (C=N–C) groups is 1. The molecular weight excluding hydrogens is 184 g/mol. The van der Waals surface area contributed by atoms with Crippen LogP contribution in [0.4, 0.5) is 0 Å². The first kappa shape index (κ1) is 12.0. The average Bonchev–Trinajstić information content (AvgIpc) is 2.17. The van der Waals surface area contributed by atoms with Crippen LogP contribution in [0.5, 0.6) is 0 Å². The first-order valence-electron chi connectivity index (χ1n) is 3.81. The molecule has 0 fully saturated rings. The second kappa shape index (κ2) is 6.48. The maximum Gasteiger partial charge on any atom is 0.153 e. The quantitative estimate of drug-likeness (QED) is 0.247. The van der Waals surface area contributed by atoms with Crippen molar-refractivity contribution in [2.45, 2.75) is 13.8 Å². The van der Waals surface area contributed by atoms with Gasteiger partial charge in [-0.2, -0.15) is 0 Å². The third-order valence-corrected chi connectivity index (χ3v) is 2.15. The van der Waals surface area contributed by atoms with Crippen LogP contribution in [-0.2, 0) is 4.79 Å². The first-order chi connectivity index (χ1) is 6.15. The fourth-order valence-electron chi connectivity index (χ4n) is 0.553. The lowest BCUT2D eigenvalue weighted by atomic mass is 10.2. The van der Waals surface area contributed by atoms with Crippen molar-refractivity contribution < 1.29 is 4.79 Å². The monoisotopic (exact) mass is 198 g/mol. The molecule has 3 nitrogen and oxygen atoms in total. The number of nitrogens with zero attached hydrogens (tertiary/aromatic N) is 1. The van der Waals surface area contributed by atoms with E-state index in [0.717, 1.165) is 5.04 Å². The van der Waals surface area contributed by atoms with E-state index in [4.69, 9.17) is 5.73 Å². The van der Waals surface area contributed by atoms with Crippen molar-refractivity contribution in [2.75, 3.05) is 6.26 Å². The average molecular weight is 198 g/mol. The molecule has 4 heteroatoms. The Morgan fingerprint density at radius 1 is 1.54 bits per heavy atom. The van der Waals surface area contributed by atoms with Crippen LogP contribution in [-0.4, -0.2) is 17.6 Å². The van der Waals surface area contributed by atoms with Gasteiger partial charge < -0.3 is 5.73 Å². The fraction of sp³-hybridized carbons (Fsp3) is 0.333. The second-order valence-corrected chi connectivity index (χ2v) is 3.30. The summed E-state index contributed by atoms with van der Waals surface area (Å²) in [7, 11) is 0. The highest BCUT2D eigenvalue weighted by Gasteiger charge is 1.96. The molecule has 0 atom stereocenters. The Morgan fingerprint density at radius 3 is 2.54 bits per heavy atom. The van der Waals surface area contributed by atoms with E-state index in [2.05, 4.69) is 4.99 Å². The van der Waals surface area contributed by atoms with Gasteiger partial charge >= 0.3 is 0 Å². The highest BCUT2D eigenvalue weighted by atomic mass is 32.2. The number of allylic oxidation sites excluding steroid dienone is 2. The molecule has 72 valence electrons. The summed E-state index contributed by atoms with van der Waals surface area (Å²) in [6, 6.07) is 0. The number of nitrogens with two attached hydrogens (primary N) is 1. The second-order valence-electron chi connectivity index (χ2n) is 2.30. The van der Waals surface area contributed by atoms with Crippen LogP contribution in [0.3, 0.4) is 0 Å². The highest BCUT2D eigenvalue weighted by Crippen LogP contribution is 2.03. The van der Waals surface area contributed by atoms with Crippen LogP contribution < -0.4 is 5.73 Å². The van der Waals surface area contributed by atoms with Gasteiger partial charge in [-0.05, 0) is 20.1 Å². The summed E-state index contributed by atoms with van der Waals surface area (Å²) in [4.78, 5) is 14.6. The largest absolute Gasteiger partial charge is 0.398 e. The highest BCUT2D eigenvalue weighted by molar-refractivity contribution is 8.13. The number of hydrogen-bond acceptors (Lipinski definition) is 4. The Kier molecular flexibility index (Phi) is 5.97. The summed E-state index contributed by atoms with van der Waals surface area (Å²) in [6.45, 7) is 3.65. The minimum Gasteiger partial charge on any atom is -0.398 e. The molecule has 13 heavy (non-hydrogen) atoms. The molecule has 0 aliphatic carbocycles. The summed E-state index contributed by atoms with van der Waals surface area (Å²) < 4.78 is 0. The summed E-state index contributed by atoms with van der Waals surface area (Å²) in [5, 5.41) is 0.892. The molecule has 0 aromatic rings. The van der Waals surface area contributed by atoms with E-state index in [9.17, 15) is 4.79 Å².